The van der Waals surface area contributed by atoms with Crippen LogP contribution < -0.4 is 5.32 Å². The molecule has 0 saturated carbocycles. The molecule has 2 heterocycles. The molecule has 1 aliphatic rings. The molecule has 5 heteroatoms. The van der Waals surface area contributed by atoms with Gasteiger partial charge in [0.25, 0.3) is 0 Å². The van der Waals surface area contributed by atoms with Crippen molar-refractivity contribution in [3.63, 3.8) is 0 Å². The fourth-order valence-electron chi connectivity index (χ4n) is 1.69. The highest BCUT2D eigenvalue weighted by molar-refractivity contribution is 5.85. The Kier molecular flexibility index (Phi) is 3.24. The molecule has 1 aromatic rings. The molecule has 1 aliphatic heterocycles. The van der Waals surface area contributed by atoms with E-state index in [0.29, 0.717) is 25.9 Å². The topological polar surface area (TPSA) is 62.6 Å². The second-order valence-electron chi connectivity index (χ2n) is 3.74. The Hall–Kier alpha value is -1.78. The molecular weight excluding hydrogens is 208 g/mol. The second kappa shape index (κ2) is 4.83. The molecule has 2 amide bonds. The summed E-state index contributed by atoms with van der Waals surface area (Å²) in [5, 5.41) is 2.69. The van der Waals surface area contributed by atoms with Crippen LogP contribution in [-0.4, -0.2) is 36.3 Å². The summed E-state index contributed by atoms with van der Waals surface area (Å²) in [6.07, 6.45) is 2.57. The SMILES string of the molecule is O=C1CN(C(=O)CCc2ccco2)CCN1. The monoisotopic (exact) mass is 222 g/mol. The van der Waals surface area contributed by atoms with Gasteiger partial charge in [-0.15, -0.1) is 0 Å². The van der Waals surface area contributed by atoms with Crippen molar-refractivity contribution in [1.29, 1.82) is 0 Å². The van der Waals surface area contributed by atoms with E-state index in [4.69, 9.17) is 4.42 Å². The fraction of sp³-hybridized carbons (Fsp3) is 0.455. The molecule has 5 nitrogen and oxygen atoms in total. The molecular formula is C11H14N2O3. The summed E-state index contributed by atoms with van der Waals surface area (Å²) >= 11 is 0. The third kappa shape index (κ3) is 2.62. The number of nitrogens with one attached hydrogen (secondary N) is 1. The maximum atomic E-state index is 11.7. The molecule has 86 valence electrons. The molecule has 0 radical (unpaired) electrons. The molecule has 0 bridgehead atoms. The molecule has 1 N–H and O–H groups in total. The number of carbonyl (C=O) groups excluding carboxylic acids is 2. The Morgan fingerprint density at radius 2 is 2.44 bits per heavy atom. The first-order valence-corrected chi connectivity index (χ1v) is 5.32. The summed E-state index contributed by atoms with van der Waals surface area (Å²) in [6.45, 7) is 1.32. The Morgan fingerprint density at radius 3 is 3.12 bits per heavy atom. The van der Waals surface area contributed by atoms with Crippen LogP contribution in [0.4, 0.5) is 0 Å². The van der Waals surface area contributed by atoms with Crippen LogP contribution in [0.5, 0.6) is 0 Å². The highest BCUT2D eigenvalue weighted by atomic mass is 16.3. The van der Waals surface area contributed by atoms with E-state index in [0.717, 1.165) is 5.76 Å². The van der Waals surface area contributed by atoms with Crippen LogP contribution in [0.1, 0.15) is 12.2 Å². The van der Waals surface area contributed by atoms with Crippen molar-refractivity contribution in [3.8, 4) is 0 Å². The lowest BCUT2D eigenvalue weighted by molar-refractivity contribution is -0.138. The first kappa shape index (κ1) is 10.7. The highest BCUT2D eigenvalue weighted by Crippen LogP contribution is 2.06. The standard InChI is InChI=1S/C11H14N2O3/c14-10-8-13(6-5-12-10)11(15)4-3-9-2-1-7-16-9/h1-2,7H,3-6,8H2,(H,12,14). The number of nitrogens with zero attached hydrogens (tertiary/aromatic N) is 1. The Bertz CT molecular complexity index is 373. The van der Waals surface area contributed by atoms with Crippen LogP contribution in [0.15, 0.2) is 22.8 Å². The molecule has 1 aromatic heterocycles. The van der Waals surface area contributed by atoms with Gasteiger partial charge in [0.2, 0.25) is 11.8 Å². The van der Waals surface area contributed by atoms with E-state index in [2.05, 4.69) is 5.32 Å². The van der Waals surface area contributed by atoms with E-state index in [1.54, 1.807) is 17.2 Å². The van der Waals surface area contributed by atoms with Crippen molar-refractivity contribution in [2.24, 2.45) is 0 Å². The zero-order valence-corrected chi connectivity index (χ0v) is 8.94. The van der Waals surface area contributed by atoms with Gasteiger partial charge >= 0.3 is 0 Å². The van der Waals surface area contributed by atoms with Gasteiger partial charge in [-0.2, -0.15) is 0 Å². The summed E-state index contributed by atoms with van der Waals surface area (Å²) in [5.41, 5.74) is 0. The lowest BCUT2D eigenvalue weighted by atomic mass is 10.2. The van der Waals surface area contributed by atoms with E-state index >= 15 is 0 Å². The second-order valence-corrected chi connectivity index (χ2v) is 3.74. The normalized spacial score (nSPS) is 16.0. The van der Waals surface area contributed by atoms with Crippen molar-refractivity contribution in [2.45, 2.75) is 12.8 Å². The number of hydrogen-bond acceptors (Lipinski definition) is 3. The summed E-state index contributed by atoms with van der Waals surface area (Å²) in [6, 6.07) is 3.64. The molecule has 16 heavy (non-hydrogen) atoms. The number of aryl methyl sites for hydroxylation is 1. The minimum Gasteiger partial charge on any atom is -0.469 e. The molecule has 0 unspecified atom stereocenters. The summed E-state index contributed by atoms with van der Waals surface area (Å²) in [5.74, 6) is 0.721. The van der Waals surface area contributed by atoms with Crippen LogP contribution in [0.3, 0.4) is 0 Å². The van der Waals surface area contributed by atoms with Gasteiger partial charge in [-0.25, -0.2) is 0 Å². The minimum atomic E-state index is -0.0856. The van der Waals surface area contributed by atoms with Crippen molar-refractivity contribution < 1.29 is 14.0 Å². The quantitative estimate of drug-likeness (QED) is 0.793. The number of piperazine rings is 1. The molecule has 0 aliphatic carbocycles. The van der Waals surface area contributed by atoms with Crippen LogP contribution in [0, 0.1) is 0 Å². The van der Waals surface area contributed by atoms with Crippen LogP contribution in [0.2, 0.25) is 0 Å². The third-order valence-corrected chi connectivity index (χ3v) is 2.56. The van der Waals surface area contributed by atoms with Crippen molar-refractivity contribution in [1.82, 2.24) is 10.2 Å². The van der Waals surface area contributed by atoms with Gasteiger partial charge in [0, 0.05) is 25.9 Å². The maximum absolute atomic E-state index is 11.7. The first-order valence-electron chi connectivity index (χ1n) is 5.32. The van der Waals surface area contributed by atoms with Crippen LogP contribution in [-0.2, 0) is 16.0 Å². The molecule has 1 fully saturated rings. The molecule has 2 rings (SSSR count). The van der Waals surface area contributed by atoms with E-state index in [1.165, 1.54) is 0 Å². The Balaban J connectivity index is 1.81. The van der Waals surface area contributed by atoms with Gasteiger partial charge in [0.1, 0.15) is 5.76 Å². The number of amides is 2. The number of hydrogen-bond donors (Lipinski definition) is 1. The van der Waals surface area contributed by atoms with Gasteiger partial charge in [0.05, 0.1) is 12.8 Å². The van der Waals surface area contributed by atoms with E-state index in [9.17, 15) is 9.59 Å². The third-order valence-electron chi connectivity index (χ3n) is 2.56. The summed E-state index contributed by atoms with van der Waals surface area (Å²) < 4.78 is 5.14. The lowest BCUT2D eigenvalue weighted by Gasteiger charge is -2.26. The predicted molar refractivity (Wildman–Crippen MR) is 56.6 cm³/mol. The van der Waals surface area contributed by atoms with Gasteiger partial charge in [-0.3, -0.25) is 9.59 Å². The number of carbonyl (C=O) groups is 2. The van der Waals surface area contributed by atoms with Gasteiger partial charge in [0.15, 0.2) is 0 Å². The summed E-state index contributed by atoms with van der Waals surface area (Å²) in [4.78, 5) is 24.4. The van der Waals surface area contributed by atoms with Gasteiger partial charge in [-0.1, -0.05) is 0 Å². The summed E-state index contributed by atoms with van der Waals surface area (Å²) in [7, 11) is 0. The van der Waals surface area contributed by atoms with Crippen molar-refractivity contribution >= 4 is 11.8 Å². The highest BCUT2D eigenvalue weighted by Gasteiger charge is 2.20. The predicted octanol–water partition coefficient (Wildman–Crippen LogP) is 0.171. The molecule has 0 atom stereocenters. The Morgan fingerprint density at radius 1 is 1.56 bits per heavy atom. The first-order chi connectivity index (χ1) is 7.75. The number of rotatable bonds is 3. The number of furan rings is 1. The fourth-order valence-corrected chi connectivity index (χ4v) is 1.69. The van der Waals surface area contributed by atoms with Gasteiger partial charge < -0.3 is 14.6 Å². The smallest absolute Gasteiger partial charge is 0.239 e. The van der Waals surface area contributed by atoms with E-state index < -0.39 is 0 Å². The lowest BCUT2D eigenvalue weighted by Crippen LogP contribution is -2.50. The van der Waals surface area contributed by atoms with Gasteiger partial charge in [-0.05, 0) is 12.1 Å². The maximum Gasteiger partial charge on any atom is 0.239 e. The van der Waals surface area contributed by atoms with Crippen molar-refractivity contribution in [2.75, 3.05) is 19.6 Å². The van der Waals surface area contributed by atoms with Crippen LogP contribution >= 0.6 is 0 Å². The van der Waals surface area contributed by atoms with Crippen molar-refractivity contribution in [3.05, 3.63) is 24.2 Å². The molecule has 0 spiro atoms. The molecule has 0 aromatic carbocycles. The zero-order valence-electron chi connectivity index (χ0n) is 8.94. The minimum absolute atomic E-state index is 0.00579. The van der Waals surface area contributed by atoms with E-state index in [1.807, 2.05) is 6.07 Å². The molecule has 1 saturated heterocycles. The Labute approximate surface area is 93.4 Å². The largest absolute Gasteiger partial charge is 0.469 e. The van der Waals surface area contributed by atoms with E-state index in [-0.39, 0.29) is 18.4 Å². The zero-order chi connectivity index (χ0) is 11.4. The average molecular weight is 222 g/mol. The van der Waals surface area contributed by atoms with Crippen LogP contribution in [0.25, 0.3) is 0 Å². The average Bonchev–Trinajstić information content (AvgIpc) is 2.78.